The molecule has 86 valence electrons. The van der Waals surface area contributed by atoms with Crippen molar-refractivity contribution in [3.8, 4) is 0 Å². The van der Waals surface area contributed by atoms with Gasteiger partial charge in [0.1, 0.15) is 6.54 Å². The summed E-state index contributed by atoms with van der Waals surface area (Å²) in [5, 5.41) is 14.2. The number of carbonyl (C=O) groups is 1. The van der Waals surface area contributed by atoms with Gasteiger partial charge in [-0.3, -0.25) is 9.48 Å². The average molecular weight is 229 g/mol. The van der Waals surface area contributed by atoms with E-state index in [1.54, 1.807) is 15.4 Å². The lowest BCUT2D eigenvalue weighted by molar-refractivity contribution is -0.137. The van der Waals surface area contributed by atoms with Gasteiger partial charge < -0.3 is 9.67 Å². The zero-order valence-electron chi connectivity index (χ0n) is 9.29. The summed E-state index contributed by atoms with van der Waals surface area (Å²) in [6.07, 6.45) is 1.71. The zero-order valence-corrected chi connectivity index (χ0v) is 9.29. The Kier molecular flexibility index (Phi) is 1.95. The molecule has 0 saturated heterocycles. The molecule has 0 aliphatic carbocycles. The maximum Gasteiger partial charge on any atom is 0.323 e. The van der Waals surface area contributed by atoms with Gasteiger partial charge in [0.15, 0.2) is 0 Å². The third kappa shape index (κ3) is 1.32. The maximum atomic E-state index is 10.9. The molecule has 3 rings (SSSR count). The smallest absolute Gasteiger partial charge is 0.323 e. The average Bonchev–Trinajstić information content (AvgIpc) is 2.80. The fraction of sp³-hybridized carbons (Fsp3) is 0.167. The summed E-state index contributed by atoms with van der Waals surface area (Å²) in [6.45, 7) is -0.0459. The summed E-state index contributed by atoms with van der Waals surface area (Å²) in [5.41, 5.74) is 2.76. The number of carboxylic acids is 1. The summed E-state index contributed by atoms with van der Waals surface area (Å²) in [6, 6.07) is 7.77. The molecule has 0 bridgehead atoms. The van der Waals surface area contributed by atoms with Crippen LogP contribution in [0, 0.1) is 0 Å². The first-order chi connectivity index (χ1) is 8.18. The highest BCUT2D eigenvalue weighted by atomic mass is 16.4. The summed E-state index contributed by atoms with van der Waals surface area (Å²) >= 11 is 0. The number of hydrogen-bond acceptors (Lipinski definition) is 2. The van der Waals surface area contributed by atoms with Crippen LogP contribution in [0.5, 0.6) is 0 Å². The minimum absolute atomic E-state index is 0.0459. The van der Waals surface area contributed by atoms with Crippen LogP contribution in [0.25, 0.3) is 21.9 Å². The third-order valence-corrected chi connectivity index (χ3v) is 2.95. The largest absolute Gasteiger partial charge is 0.480 e. The monoisotopic (exact) mass is 229 g/mol. The second-order valence-corrected chi connectivity index (χ2v) is 4.00. The minimum atomic E-state index is -0.850. The Morgan fingerprint density at radius 3 is 2.88 bits per heavy atom. The molecule has 1 aromatic carbocycles. The Morgan fingerprint density at radius 1 is 1.35 bits per heavy atom. The van der Waals surface area contributed by atoms with Gasteiger partial charge in [0.25, 0.3) is 0 Å². The number of rotatable bonds is 2. The molecule has 0 radical (unpaired) electrons. The molecule has 5 nitrogen and oxygen atoms in total. The van der Waals surface area contributed by atoms with Crippen LogP contribution in [0.3, 0.4) is 0 Å². The topological polar surface area (TPSA) is 60.0 Å². The van der Waals surface area contributed by atoms with E-state index in [2.05, 4.69) is 5.10 Å². The highest BCUT2D eigenvalue weighted by Crippen LogP contribution is 2.27. The second-order valence-electron chi connectivity index (χ2n) is 4.00. The van der Waals surface area contributed by atoms with Gasteiger partial charge in [-0.15, -0.1) is 0 Å². The van der Waals surface area contributed by atoms with Crippen molar-refractivity contribution < 1.29 is 9.90 Å². The van der Waals surface area contributed by atoms with E-state index in [0.29, 0.717) is 0 Å². The number of hydrogen-bond donors (Lipinski definition) is 1. The number of benzene rings is 1. The van der Waals surface area contributed by atoms with Crippen LogP contribution in [0.15, 0.2) is 30.5 Å². The van der Waals surface area contributed by atoms with Crippen LogP contribution in [-0.2, 0) is 18.4 Å². The molecule has 2 aromatic heterocycles. The summed E-state index contributed by atoms with van der Waals surface area (Å²) in [5.74, 6) is -0.850. The molecule has 2 heterocycles. The van der Waals surface area contributed by atoms with Crippen molar-refractivity contribution in [1.29, 1.82) is 0 Å². The molecule has 0 unspecified atom stereocenters. The molecule has 0 aliphatic rings. The standard InChI is InChI=1S/C12H11N3O2/c1-14-12-8-4-2-3-5-9(8)15(7-11(16)17)10(12)6-13-14/h2-6H,7H2,1H3,(H,16,17). The van der Waals surface area contributed by atoms with E-state index in [1.165, 1.54) is 0 Å². The molecule has 0 spiro atoms. The molecule has 3 aromatic rings. The van der Waals surface area contributed by atoms with Crippen LogP contribution in [0.4, 0.5) is 0 Å². The van der Waals surface area contributed by atoms with Crippen molar-refractivity contribution in [2.75, 3.05) is 0 Å². The highest BCUT2D eigenvalue weighted by molar-refractivity contribution is 6.06. The quantitative estimate of drug-likeness (QED) is 0.726. The SMILES string of the molecule is Cn1ncc2c1c1ccccc1n2CC(=O)O. The van der Waals surface area contributed by atoms with Crippen LogP contribution < -0.4 is 0 Å². The number of aromatic nitrogens is 3. The third-order valence-electron chi connectivity index (χ3n) is 2.95. The Labute approximate surface area is 96.9 Å². The lowest BCUT2D eigenvalue weighted by Gasteiger charge is -2.01. The van der Waals surface area contributed by atoms with Gasteiger partial charge in [0, 0.05) is 12.4 Å². The minimum Gasteiger partial charge on any atom is -0.480 e. The van der Waals surface area contributed by atoms with Gasteiger partial charge in [-0.1, -0.05) is 18.2 Å². The second kappa shape index (κ2) is 3.35. The Balaban J connectivity index is 2.46. The molecule has 5 heteroatoms. The van der Waals surface area contributed by atoms with Crippen LogP contribution in [0.2, 0.25) is 0 Å². The fourth-order valence-corrected chi connectivity index (χ4v) is 2.28. The van der Waals surface area contributed by atoms with Gasteiger partial charge in [-0.2, -0.15) is 5.10 Å². The van der Waals surface area contributed by atoms with E-state index in [9.17, 15) is 4.79 Å². The van der Waals surface area contributed by atoms with Gasteiger partial charge in [-0.05, 0) is 6.07 Å². The lowest BCUT2D eigenvalue weighted by Crippen LogP contribution is -2.07. The van der Waals surface area contributed by atoms with Crippen molar-refractivity contribution in [1.82, 2.24) is 14.3 Å². The summed E-state index contributed by atoms with van der Waals surface area (Å²) in [4.78, 5) is 10.9. The summed E-state index contributed by atoms with van der Waals surface area (Å²) in [7, 11) is 1.86. The van der Waals surface area contributed by atoms with Crippen LogP contribution >= 0.6 is 0 Å². The molecule has 0 aliphatic heterocycles. The van der Waals surface area contributed by atoms with Gasteiger partial charge in [0.05, 0.1) is 22.7 Å². The predicted octanol–water partition coefficient (Wildman–Crippen LogP) is 1.61. The Morgan fingerprint density at radius 2 is 2.12 bits per heavy atom. The van der Waals surface area contributed by atoms with Crippen molar-refractivity contribution >= 4 is 27.9 Å². The molecular weight excluding hydrogens is 218 g/mol. The molecule has 0 atom stereocenters. The van der Waals surface area contributed by atoms with E-state index in [0.717, 1.165) is 21.9 Å². The first-order valence-electron chi connectivity index (χ1n) is 5.29. The Hall–Kier alpha value is -2.30. The first kappa shape index (κ1) is 9.89. The van der Waals surface area contributed by atoms with Crippen molar-refractivity contribution in [2.24, 2.45) is 7.05 Å². The van der Waals surface area contributed by atoms with Crippen molar-refractivity contribution in [3.63, 3.8) is 0 Å². The van der Waals surface area contributed by atoms with E-state index < -0.39 is 5.97 Å². The highest BCUT2D eigenvalue weighted by Gasteiger charge is 2.15. The molecule has 17 heavy (non-hydrogen) atoms. The zero-order chi connectivity index (χ0) is 12.0. The number of carboxylic acid groups (broad SMARTS) is 1. The molecule has 0 fully saturated rings. The lowest BCUT2D eigenvalue weighted by atomic mass is 10.2. The predicted molar refractivity (Wildman–Crippen MR) is 63.8 cm³/mol. The first-order valence-corrected chi connectivity index (χ1v) is 5.29. The van der Waals surface area contributed by atoms with E-state index >= 15 is 0 Å². The molecular formula is C12H11N3O2. The normalized spacial score (nSPS) is 11.4. The van der Waals surface area contributed by atoms with E-state index in [4.69, 9.17) is 5.11 Å². The van der Waals surface area contributed by atoms with Crippen molar-refractivity contribution in [2.45, 2.75) is 6.54 Å². The number of aliphatic carboxylic acids is 1. The van der Waals surface area contributed by atoms with Crippen LogP contribution in [0.1, 0.15) is 0 Å². The van der Waals surface area contributed by atoms with Gasteiger partial charge in [-0.25, -0.2) is 0 Å². The van der Waals surface area contributed by atoms with Gasteiger partial charge >= 0.3 is 5.97 Å². The van der Waals surface area contributed by atoms with E-state index in [-0.39, 0.29) is 6.54 Å². The number of nitrogens with zero attached hydrogens (tertiary/aromatic N) is 3. The Bertz CT molecular complexity index is 724. The molecule has 0 saturated carbocycles. The van der Waals surface area contributed by atoms with E-state index in [1.807, 2.05) is 31.3 Å². The van der Waals surface area contributed by atoms with Gasteiger partial charge in [0.2, 0.25) is 0 Å². The number of fused-ring (bicyclic) bond motifs is 3. The van der Waals surface area contributed by atoms with Crippen molar-refractivity contribution in [3.05, 3.63) is 30.5 Å². The fourth-order valence-electron chi connectivity index (χ4n) is 2.28. The molecule has 1 N–H and O–H groups in total. The molecule has 0 amide bonds. The number of aryl methyl sites for hydroxylation is 1. The van der Waals surface area contributed by atoms with Crippen LogP contribution in [-0.4, -0.2) is 25.4 Å². The maximum absolute atomic E-state index is 10.9. The summed E-state index contributed by atoms with van der Waals surface area (Å²) < 4.78 is 3.55. The number of para-hydroxylation sites is 1.